The lowest BCUT2D eigenvalue weighted by molar-refractivity contribution is -0.109. The summed E-state index contributed by atoms with van der Waals surface area (Å²) in [5, 5.41) is 0.245. The molecule has 23 heavy (non-hydrogen) atoms. The summed E-state index contributed by atoms with van der Waals surface area (Å²) in [6, 6.07) is 7.50. The first kappa shape index (κ1) is 19.9. The lowest BCUT2D eigenvalue weighted by atomic mass is 10.1. The van der Waals surface area contributed by atoms with Gasteiger partial charge in [-0.25, -0.2) is 0 Å². The fourth-order valence-electron chi connectivity index (χ4n) is 1.92. The molecule has 0 radical (unpaired) electrons. The molecule has 6 heteroatoms. The van der Waals surface area contributed by atoms with Crippen molar-refractivity contribution in [1.29, 1.82) is 0 Å². The van der Waals surface area contributed by atoms with Gasteiger partial charge in [-0.05, 0) is 43.0 Å². The van der Waals surface area contributed by atoms with Crippen LogP contribution in [0.1, 0.15) is 26.7 Å². The predicted molar refractivity (Wildman–Crippen MR) is 97.5 cm³/mol. The highest BCUT2D eigenvalue weighted by Gasteiger charge is 2.12. The molecular formula is C17H24O4S2. The third-order valence-corrected chi connectivity index (χ3v) is 5.22. The van der Waals surface area contributed by atoms with Gasteiger partial charge >= 0.3 is 0 Å². The molecule has 0 atom stereocenters. The van der Waals surface area contributed by atoms with Gasteiger partial charge in [-0.3, -0.25) is 9.59 Å². The van der Waals surface area contributed by atoms with E-state index in [2.05, 4.69) is 0 Å². The Hall–Kier alpha value is -1.14. The van der Waals surface area contributed by atoms with Crippen molar-refractivity contribution in [3.8, 4) is 11.5 Å². The Morgan fingerprint density at radius 2 is 1.52 bits per heavy atom. The van der Waals surface area contributed by atoms with Crippen molar-refractivity contribution < 1.29 is 19.1 Å². The lowest BCUT2D eigenvalue weighted by Crippen LogP contribution is -2.11. The van der Waals surface area contributed by atoms with E-state index < -0.39 is 0 Å². The Kier molecular flexibility index (Phi) is 9.87. The zero-order chi connectivity index (χ0) is 17.1. The van der Waals surface area contributed by atoms with Gasteiger partial charge in [0.15, 0.2) is 10.2 Å². The molecular weight excluding hydrogens is 332 g/mol. The number of hydrogen-bond donors (Lipinski definition) is 0. The van der Waals surface area contributed by atoms with Crippen molar-refractivity contribution in [1.82, 2.24) is 0 Å². The molecule has 0 spiro atoms. The third-order valence-electron chi connectivity index (χ3n) is 3.13. The summed E-state index contributed by atoms with van der Waals surface area (Å²) in [7, 11) is 1.63. The molecule has 128 valence electrons. The SMILES string of the molecule is COc1ccc(OCCCC(CSC(C)=O)CSC(C)=O)cc1. The Morgan fingerprint density at radius 3 is 2.00 bits per heavy atom. The van der Waals surface area contributed by atoms with E-state index in [0.717, 1.165) is 35.8 Å². The van der Waals surface area contributed by atoms with Gasteiger partial charge < -0.3 is 9.47 Å². The molecule has 0 aliphatic heterocycles. The molecule has 0 fully saturated rings. The number of carbonyl (C=O) groups is 2. The van der Waals surface area contributed by atoms with Crippen LogP contribution in [0.5, 0.6) is 11.5 Å². The fourth-order valence-corrected chi connectivity index (χ4v) is 3.58. The van der Waals surface area contributed by atoms with Crippen molar-refractivity contribution in [3.63, 3.8) is 0 Å². The first-order valence-corrected chi connectivity index (χ1v) is 9.52. The molecule has 0 N–H and O–H groups in total. The molecule has 0 aliphatic rings. The van der Waals surface area contributed by atoms with Crippen molar-refractivity contribution in [3.05, 3.63) is 24.3 Å². The highest BCUT2D eigenvalue weighted by Crippen LogP contribution is 2.21. The summed E-state index contributed by atoms with van der Waals surface area (Å²) in [5.74, 6) is 3.49. The second kappa shape index (κ2) is 11.4. The van der Waals surface area contributed by atoms with E-state index in [1.54, 1.807) is 21.0 Å². The van der Waals surface area contributed by atoms with Gasteiger partial charge in [0, 0.05) is 25.4 Å². The Balaban J connectivity index is 2.31. The maximum Gasteiger partial charge on any atom is 0.185 e. The first-order chi connectivity index (χ1) is 11.0. The van der Waals surface area contributed by atoms with E-state index in [4.69, 9.17) is 9.47 Å². The fraction of sp³-hybridized carbons (Fsp3) is 0.529. The van der Waals surface area contributed by atoms with E-state index >= 15 is 0 Å². The highest BCUT2D eigenvalue weighted by atomic mass is 32.2. The number of ether oxygens (including phenoxy) is 2. The number of hydrogen-bond acceptors (Lipinski definition) is 6. The second-order valence-corrected chi connectivity index (χ2v) is 7.53. The third kappa shape index (κ3) is 9.56. The molecule has 1 aromatic rings. The molecule has 0 unspecified atom stereocenters. The molecule has 1 aromatic carbocycles. The van der Waals surface area contributed by atoms with Crippen LogP contribution in [-0.4, -0.2) is 35.5 Å². The largest absolute Gasteiger partial charge is 0.497 e. The topological polar surface area (TPSA) is 52.6 Å². The van der Waals surface area contributed by atoms with E-state index in [9.17, 15) is 9.59 Å². The van der Waals surface area contributed by atoms with Crippen molar-refractivity contribution in [2.75, 3.05) is 25.2 Å². The number of methoxy groups -OCH3 is 1. The minimum Gasteiger partial charge on any atom is -0.497 e. The van der Waals surface area contributed by atoms with Gasteiger partial charge in [-0.1, -0.05) is 23.5 Å². The monoisotopic (exact) mass is 356 g/mol. The maximum atomic E-state index is 11.1. The highest BCUT2D eigenvalue weighted by molar-refractivity contribution is 8.14. The van der Waals surface area contributed by atoms with Gasteiger partial charge in [-0.15, -0.1) is 0 Å². The maximum absolute atomic E-state index is 11.1. The van der Waals surface area contributed by atoms with Gasteiger partial charge in [0.05, 0.1) is 13.7 Å². The summed E-state index contributed by atoms with van der Waals surface area (Å²) in [4.78, 5) is 22.2. The average Bonchev–Trinajstić information content (AvgIpc) is 2.53. The number of benzene rings is 1. The molecule has 0 saturated heterocycles. The van der Waals surface area contributed by atoms with Crippen LogP contribution in [-0.2, 0) is 9.59 Å². The van der Waals surface area contributed by atoms with Crippen LogP contribution < -0.4 is 9.47 Å². The van der Waals surface area contributed by atoms with Crippen LogP contribution in [0.25, 0.3) is 0 Å². The minimum absolute atomic E-state index is 0.123. The summed E-state index contributed by atoms with van der Waals surface area (Å²) >= 11 is 2.66. The second-order valence-electron chi connectivity index (χ2n) is 5.14. The van der Waals surface area contributed by atoms with Crippen LogP contribution in [0.4, 0.5) is 0 Å². The van der Waals surface area contributed by atoms with Gasteiger partial charge in [0.25, 0.3) is 0 Å². The summed E-state index contributed by atoms with van der Waals surface area (Å²) < 4.78 is 10.8. The first-order valence-electron chi connectivity index (χ1n) is 7.55. The molecule has 0 saturated carbocycles. The summed E-state index contributed by atoms with van der Waals surface area (Å²) in [6.07, 6.45) is 1.84. The van der Waals surface area contributed by atoms with Gasteiger partial charge in [-0.2, -0.15) is 0 Å². The number of thioether (sulfide) groups is 2. The Labute approximate surface area is 146 Å². The van der Waals surface area contributed by atoms with Crippen LogP contribution in [0.15, 0.2) is 24.3 Å². The number of rotatable bonds is 10. The summed E-state index contributed by atoms with van der Waals surface area (Å²) in [5.41, 5.74) is 0. The molecule has 0 amide bonds. The Morgan fingerprint density at radius 1 is 1.00 bits per heavy atom. The predicted octanol–water partition coefficient (Wildman–Crippen LogP) is 4.03. The van der Waals surface area contributed by atoms with E-state index in [1.807, 2.05) is 24.3 Å². The quantitative estimate of drug-likeness (QED) is 0.590. The van der Waals surface area contributed by atoms with E-state index in [-0.39, 0.29) is 10.2 Å². The molecule has 0 aromatic heterocycles. The van der Waals surface area contributed by atoms with E-state index in [1.165, 1.54) is 23.5 Å². The van der Waals surface area contributed by atoms with Crippen molar-refractivity contribution in [2.45, 2.75) is 26.7 Å². The Bertz CT molecular complexity index is 470. The van der Waals surface area contributed by atoms with Crippen LogP contribution in [0, 0.1) is 5.92 Å². The minimum atomic E-state index is 0.123. The number of carbonyl (C=O) groups excluding carboxylic acids is 2. The lowest BCUT2D eigenvalue weighted by Gasteiger charge is -2.15. The van der Waals surface area contributed by atoms with Crippen LogP contribution in [0.2, 0.25) is 0 Å². The smallest absolute Gasteiger partial charge is 0.185 e. The molecule has 0 heterocycles. The normalized spacial score (nSPS) is 10.6. The average molecular weight is 357 g/mol. The standard InChI is InChI=1S/C17H24O4S2/c1-13(18)22-11-15(12-23-14(2)19)5-4-10-21-17-8-6-16(20-3)7-9-17/h6-9,15H,4-5,10-12H2,1-3H3. The van der Waals surface area contributed by atoms with Gasteiger partial charge in [0.2, 0.25) is 0 Å². The zero-order valence-electron chi connectivity index (χ0n) is 13.9. The van der Waals surface area contributed by atoms with Crippen molar-refractivity contribution >= 4 is 33.8 Å². The van der Waals surface area contributed by atoms with Gasteiger partial charge in [0.1, 0.15) is 11.5 Å². The van der Waals surface area contributed by atoms with Crippen LogP contribution >= 0.6 is 23.5 Å². The molecule has 4 nitrogen and oxygen atoms in total. The molecule has 0 aliphatic carbocycles. The summed E-state index contributed by atoms with van der Waals surface area (Å²) in [6.45, 7) is 3.78. The van der Waals surface area contributed by atoms with E-state index in [0.29, 0.717) is 12.5 Å². The molecule has 0 bridgehead atoms. The van der Waals surface area contributed by atoms with Crippen molar-refractivity contribution in [2.24, 2.45) is 5.92 Å². The zero-order valence-corrected chi connectivity index (χ0v) is 15.5. The van der Waals surface area contributed by atoms with Crippen LogP contribution in [0.3, 0.4) is 0 Å². The molecule has 1 rings (SSSR count).